The minimum atomic E-state index is 0.0250. The fraction of sp³-hybridized carbons (Fsp3) is 0.409. The van der Waals surface area contributed by atoms with E-state index < -0.39 is 0 Å². The van der Waals surface area contributed by atoms with Crippen LogP contribution in [0.2, 0.25) is 0 Å². The summed E-state index contributed by atoms with van der Waals surface area (Å²) in [4.78, 5) is 11.6. The van der Waals surface area contributed by atoms with E-state index in [0.717, 1.165) is 36.3 Å². The van der Waals surface area contributed by atoms with Gasteiger partial charge < -0.3 is 14.8 Å². The normalized spacial score (nSPS) is 27.6. The molecule has 0 bridgehead atoms. The number of carbonyl (C=O) groups is 1. The first-order valence-corrected chi connectivity index (χ1v) is 9.44. The van der Waals surface area contributed by atoms with Gasteiger partial charge in [-0.1, -0.05) is 36.8 Å². The number of carbonyl (C=O) groups excluding carboxylic acids is 1. The molecule has 0 unspecified atom stereocenters. The van der Waals surface area contributed by atoms with Crippen LogP contribution in [0.25, 0.3) is 0 Å². The average molecular weight is 351 g/mol. The molecule has 2 aliphatic rings. The second-order valence-electron chi connectivity index (χ2n) is 7.28. The van der Waals surface area contributed by atoms with Gasteiger partial charge >= 0.3 is 0 Å². The molecule has 1 saturated carbocycles. The van der Waals surface area contributed by atoms with Gasteiger partial charge in [0.15, 0.2) is 0 Å². The predicted octanol–water partition coefficient (Wildman–Crippen LogP) is 4.61. The first kappa shape index (κ1) is 17.1. The molecule has 4 nitrogen and oxygen atoms in total. The lowest BCUT2D eigenvalue weighted by atomic mass is 9.86. The van der Waals surface area contributed by atoms with E-state index in [4.69, 9.17) is 9.47 Å². The van der Waals surface area contributed by atoms with E-state index in [2.05, 4.69) is 17.4 Å². The fourth-order valence-electron chi connectivity index (χ4n) is 4.27. The summed E-state index contributed by atoms with van der Waals surface area (Å²) in [5, 5.41) is 3.15. The van der Waals surface area contributed by atoms with E-state index in [1.165, 1.54) is 6.42 Å². The maximum absolute atomic E-state index is 11.6. The van der Waals surface area contributed by atoms with Crippen molar-refractivity contribution in [2.45, 2.75) is 50.9 Å². The molecule has 0 spiro atoms. The van der Waals surface area contributed by atoms with Gasteiger partial charge in [-0.15, -0.1) is 0 Å². The molecule has 2 aromatic carbocycles. The van der Waals surface area contributed by atoms with Crippen LogP contribution in [0.5, 0.6) is 11.5 Å². The highest BCUT2D eigenvalue weighted by Gasteiger charge is 2.42. The van der Waals surface area contributed by atoms with Gasteiger partial charge in [-0.2, -0.15) is 0 Å². The number of hydrogen-bond donors (Lipinski definition) is 1. The van der Waals surface area contributed by atoms with E-state index >= 15 is 0 Å². The summed E-state index contributed by atoms with van der Waals surface area (Å²) in [5.74, 6) is 2.14. The van der Waals surface area contributed by atoms with Crippen molar-refractivity contribution in [2.24, 2.45) is 5.92 Å². The van der Waals surface area contributed by atoms with E-state index in [9.17, 15) is 4.79 Å². The molecular weight excluding hydrogens is 326 g/mol. The van der Waals surface area contributed by atoms with Crippen LogP contribution in [0.1, 0.15) is 44.3 Å². The van der Waals surface area contributed by atoms with E-state index in [-0.39, 0.29) is 24.2 Å². The Bertz CT molecular complexity index is 744. The molecule has 1 aliphatic heterocycles. The largest absolute Gasteiger partial charge is 0.457 e. The molecule has 4 rings (SSSR count). The van der Waals surface area contributed by atoms with Gasteiger partial charge in [-0.3, -0.25) is 4.79 Å². The van der Waals surface area contributed by atoms with Crippen LogP contribution in [0.15, 0.2) is 54.6 Å². The van der Waals surface area contributed by atoms with Crippen LogP contribution in [0, 0.1) is 5.92 Å². The van der Waals surface area contributed by atoms with Crippen LogP contribution in [0.4, 0.5) is 0 Å². The lowest BCUT2D eigenvalue weighted by Gasteiger charge is -2.39. The van der Waals surface area contributed by atoms with Gasteiger partial charge in [0.25, 0.3) is 0 Å². The predicted molar refractivity (Wildman–Crippen MR) is 100 cm³/mol. The highest BCUT2D eigenvalue weighted by molar-refractivity contribution is 5.73. The summed E-state index contributed by atoms with van der Waals surface area (Å²) >= 11 is 0. The summed E-state index contributed by atoms with van der Waals surface area (Å²) in [5.41, 5.74) is 1.14. The molecule has 1 heterocycles. The zero-order valence-electron chi connectivity index (χ0n) is 15.1. The summed E-state index contributed by atoms with van der Waals surface area (Å²) in [6.07, 6.45) is 4.53. The maximum Gasteiger partial charge on any atom is 0.217 e. The van der Waals surface area contributed by atoms with Crippen LogP contribution in [0.3, 0.4) is 0 Å². The molecule has 4 atom stereocenters. The van der Waals surface area contributed by atoms with Crippen molar-refractivity contribution in [3.8, 4) is 11.5 Å². The van der Waals surface area contributed by atoms with E-state index in [1.807, 2.05) is 42.5 Å². The van der Waals surface area contributed by atoms with Gasteiger partial charge in [0.1, 0.15) is 11.5 Å². The summed E-state index contributed by atoms with van der Waals surface area (Å²) in [6, 6.07) is 18.1. The first-order chi connectivity index (χ1) is 12.7. The molecule has 2 fully saturated rings. The fourth-order valence-corrected chi connectivity index (χ4v) is 4.27. The van der Waals surface area contributed by atoms with Gasteiger partial charge in [-0.25, -0.2) is 0 Å². The zero-order chi connectivity index (χ0) is 17.9. The van der Waals surface area contributed by atoms with Crippen LogP contribution >= 0.6 is 0 Å². The van der Waals surface area contributed by atoms with Crippen LogP contribution in [-0.4, -0.2) is 18.1 Å². The van der Waals surface area contributed by atoms with Crippen molar-refractivity contribution in [2.75, 3.05) is 0 Å². The third-order valence-corrected chi connectivity index (χ3v) is 5.45. The Labute approximate surface area is 154 Å². The smallest absolute Gasteiger partial charge is 0.217 e. The third-order valence-electron chi connectivity index (χ3n) is 5.45. The Hall–Kier alpha value is -2.33. The summed E-state index contributed by atoms with van der Waals surface area (Å²) in [7, 11) is 0. The summed E-state index contributed by atoms with van der Waals surface area (Å²) < 4.78 is 12.2. The Morgan fingerprint density at radius 2 is 1.77 bits per heavy atom. The molecule has 1 amide bonds. The number of amides is 1. The quantitative estimate of drug-likeness (QED) is 0.875. The van der Waals surface area contributed by atoms with Crippen molar-refractivity contribution in [1.82, 2.24) is 5.32 Å². The minimum Gasteiger partial charge on any atom is -0.457 e. The Morgan fingerprint density at radius 3 is 2.50 bits per heavy atom. The second kappa shape index (κ2) is 7.50. The highest BCUT2D eigenvalue weighted by atomic mass is 16.5. The topological polar surface area (TPSA) is 47.6 Å². The van der Waals surface area contributed by atoms with E-state index in [0.29, 0.717) is 5.92 Å². The molecule has 4 heteroatoms. The van der Waals surface area contributed by atoms with Crippen molar-refractivity contribution < 1.29 is 14.3 Å². The number of nitrogens with one attached hydrogen (secondary N) is 1. The van der Waals surface area contributed by atoms with Crippen molar-refractivity contribution in [3.63, 3.8) is 0 Å². The standard InChI is InChI=1S/C22H25NO3/c1-15(24)23-20-14-22(26-21-9-5-8-19(20)21)16-10-12-18(13-11-16)25-17-6-3-2-4-7-17/h2-4,6-7,10-13,19-22H,5,8-9,14H2,1H3,(H,23,24)/t19-,20+,21+,22+/m0/s1. The lowest BCUT2D eigenvalue weighted by molar-refractivity contribution is -0.124. The Morgan fingerprint density at radius 1 is 1.04 bits per heavy atom. The average Bonchev–Trinajstić information content (AvgIpc) is 3.12. The number of para-hydroxylation sites is 1. The number of hydrogen-bond acceptors (Lipinski definition) is 3. The Kier molecular flexibility index (Phi) is 4.93. The minimum absolute atomic E-state index is 0.0250. The number of rotatable bonds is 4. The van der Waals surface area contributed by atoms with Gasteiger partial charge in [0, 0.05) is 18.9 Å². The monoisotopic (exact) mass is 351 g/mol. The van der Waals surface area contributed by atoms with Crippen molar-refractivity contribution >= 4 is 5.91 Å². The molecule has 1 aliphatic carbocycles. The van der Waals surface area contributed by atoms with Gasteiger partial charge in [0.05, 0.1) is 12.2 Å². The Balaban J connectivity index is 1.47. The molecule has 2 aromatic rings. The SMILES string of the molecule is CC(=O)N[C@@H]1C[C@H](c2ccc(Oc3ccccc3)cc2)O[C@@H]2CCC[C@@H]12. The number of benzene rings is 2. The van der Waals surface area contributed by atoms with E-state index in [1.54, 1.807) is 6.92 Å². The second-order valence-corrected chi connectivity index (χ2v) is 7.28. The van der Waals surface area contributed by atoms with Gasteiger partial charge in [0.2, 0.25) is 5.91 Å². The first-order valence-electron chi connectivity index (χ1n) is 9.44. The van der Waals surface area contributed by atoms with Crippen molar-refractivity contribution in [1.29, 1.82) is 0 Å². The molecule has 0 aromatic heterocycles. The lowest BCUT2D eigenvalue weighted by Crippen LogP contribution is -2.47. The molecular formula is C22H25NO3. The number of fused-ring (bicyclic) bond motifs is 1. The molecule has 0 radical (unpaired) electrons. The van der Waals surface area contributed by atoms with Crippen LogP contribution < -0.4 is 10.1 Å². The molecule has 1 N–H and O–H groups in total. The van der Waals surface area contributed by atoms with Crippen molar-refractivity contribution in [3.05, 3.63) is 60.2 Å². The third kappa shape index (κ3) is 3.75. The highest BCUT2D eigenvalue weighted by Crippen LogP contribution is 2.42. The molecule has 1 saturated heterocycles. The maximum atomic E-state index is 11.6. The zero-order valence-corrected chi connectivity index (χ0v) is 15.1. The van der Waals surface area contributed by atoms with Crippen LogP contribution in [-0.2, 0) is 9.53 Å². The summed E-state index contributed by atoms with van der Waals surface area (Å²) in [6.45, 7) is 1.60. The van der Waals surface area contributed by atoms with Gasteiger partial charge in [-0.05, 0) is 49.1 Å². The molecule has 26 heavy (non-hydrogen) atoms. The molecule has 136 valence electrons. The number of ether oxygens (including phenoxy) is 2.